The van der Waals surface area contributed by atoms with Crippen LogP contribution in [0.4, 0.5) is 0 Å². The normalized spacial score (nSPS) is 13.0. The predicted molar refractivity (Wildman–Crippen MR) is 103 cm³/mol. The third kappa shape index (κ3) is 10.6. The lowest BCUT2D eigenvalue weighted by Crippen LogP contribution is -2.41. The summed E-state index contributed by atoms with van der Waals surface area (Å²) in [5.41, 5.74) is 0. The number of thiophene rings is 1. The maximum Gasteiger partial charge on any atom is 0.191 e. The van der Waals surface area contributed by atoms with Crippen LogP contribution in [0.3, 0.4) is 0 Å². The molecule has 1 aromatic rings. The van der Waals surface area contributed by atoms with E-state index < -0.39 is 0 Å². The van der Waals surface area contributed by atoms with Crippen LogP contribution in [-0.2, 0) is 15.9 Å². The number of ether oxygens (including phenoxy) is 2. The molecular weight excluding hydrogens is 322 g/mol. The number of rotatable bonds is 13. The summed E-state index contributed by atoms with van der Waals surface area (Å²) in [6, 6.07) is 4.30. The molecule has 6 heteroatoms. The maximum atomic E-state index is 5.54. The Morgan fingerprint density at radius 3 is 2.67 bits per heavy atom. The zero-order valence-electron chi connectivity index (χ0n) is 15.3. The number of unbranched alkanes of at least 4 members (excludes halogenated alkanes) is 1. The summed E-state index contributed by atoms with van der Waals surface area (Å²) >= 11 is 1.82. The molecule has 0 aliphatic rings. The summed E-state index contributed by atoms with van der Waals surface area (Å²) in [6.07, 6.45) is 3.39. The van der Waals surface area contributed by atoms with Crippen LogP contribution in [0.25, 0.3) is 0 Å². The maximum absolute atomic E-state index is 5.54. The van der Waals surface area contributed by atoms with Crippen molar-refractivity contribution in [3.8, 4) is 0 Å². The highest BCUT2D eigenvalue weighted by Gasteiger charge is 2.05. The van der Waals surface area contributed by atoms with Gasteiger partial charge in [0.15, 0.2) is 5.96 Å². The summed E-state index contributed by atoms with van der Waals surface area (Å²) in [5.74, 6) is 1.40. The van der Waals surface area contributed by atoms with Gasteiger partial charge in [0.1, 0.15) is 0 Å². The van der Waals surface area contributed by atoms with Crippen LogP contribution in [0.15, 0.2) is 22.5 Å². The number of nitrogens with one attached hydrogen (secondary N) is 2. The Hall–Kier alpha value is -1.11. The number of aliphatic imine (C=N–C) groups is 1. The minimum Gasteiger partial charge on any atom is -0.379 e. The second-order valence-electron chi connectivity index (χ2n) is 5.85. The summed E-state index contributed by atoms with van der Waals surface area (Å²) in [4.78, 5) is 5.67. The molecule has 1 rings (SSSR count). The van der Waals surface area contributed by atoms with E-state index in [1.54, 1.807) is 7.05 Å². The molecule has 0 fully saturated rings. The summed E-state index contributed by atoms with van der Waals surface area (Å²) < 4.78 is 11.0. The lowest BCUT2D eigenvalue weighted by molar-refractivity contribution is 0.0487. The average Bonchev–Trinajstić information content (AvgIpc) is 3.09. The second kappa shape index (κ2) is 14.3. The van der Waals surface area contributed by atoms with E-state index in [2.05, 4.69) is 47.0 Å². The van der Waals surface area contributed by atoms with Crippen molar-refractivity contribution >= 4 is 17.3 Å². The molecule has 0 aliphatic carbocycles. The molecule has 24 heavy (non-hydrogen) atoms. The van der Waals surface area contributed by atoms with Crippen molar-refractivity contribution in [2.75, 3.05) is 46.6 Å². The van der Waals surface area contributed by atoms with Gasteiger partial charge in [0.05, 0.1) is 19.8 Å². The lowest BCUT2D eigenvalue weighted by atomic mass is 10.1. The molecule has 0 amide bonds. The van der Waals surface area contributed by atoms with Crippen molar-refractivity contribution in [1.29, 1.82) is 0 Å². The Bertz CT molecular complexity index is 424. The van der Waals surface area contributed by atoms with Crippen LogP contribution in [0, 0.1) is 5.92 Å². The molecule has 2 N–H and O–H groups in total. The Morgan fingerprint density at radius 2 is 2.00 bits per heavy atom. The number of hydrogen-bond donors (Lipinski definition) is 2. The number of guanidine groups is 1. The van der Waals surface area contributed by atoms with Crippen LogP contribution in [0.1, 0.15) is 31.6 Å². The van der Waals surface area contributed by atoms with E-state index in [4.69, 9.17) is 9.47 Å². The van der Waals surface area contributed by atoms with Crippen LogP contribution < -0.4 is 10.6 Å². The van der Waals surface area contributed by atoms with Gasteiger partial charge in [-0.05, 0) is 30.2 Å². The van der Waals surface area contributed by atoms with E-state index in [1.807, 2.05) is 11.3 Å². The molecule has 1 atom stereocenters. The van der Waals surface area contributed by atoms with Gasteiger partial charge in [-0.25, -0.2) is 0 Å². The van der Waals surface area contributed by atoms with Gasteiger partial charge in [-0.3, -0.25) is 4.99 Å². The first-order valence-corrected chi connectivity index (χ1v) is 9.76. The van der Waals surface area contributed by atoms with Crippen LogP contribution in [-0.4, -0.2) is 52.5 Å². The minimum absolute atomic E-state index is 0.568. The topological polar surface area (TPSA) is 54.9 Å². The fourth-order valence-electron chi connectivity index (χ4n) is 2.15. The van der Waals surface area contributed by atoms with Gasteiger partial charge < -0.3 is 20.1 Å². The van der Waals surface area contributed by atoms with E-state index in [-0.39, 0.29) is 0 Å². The van der Waals surface area contributed by atoms with Crippen LogP contribution in [0.5, 0.6) is 0 Å². The third-order valence-corrected chi connectivity index (χ3v) is 4.42. The van der Waals surface area contributed by atoms with Gasteiger partial charge in [0.2, 0.25) is 0 Å². The summed E-state index contributed by atoms with van der Waals surface area (Å²) in [6.45, 7) is 8.87. The highest BCUT2D eigenvalue weighted by molar-refractivity contribution is 7.09. The monoisotopic (exact) mass is 355 g/mol. The molecule has 0 radical (unpaired) electrons. The molecule has 138 valence electrons. The van der Waals surface area contributed by atoms with Gasteiger partial charge in [-0.2, -0.15) is 0 Å². The van der Waals surface area contributed by atoms with Crippen molar-refractivity contribution in [3.05, 3.63) is 22.4 Å². The first-order valence-electron chi connectivity index (χ1n) is 8.88. The van der Waals surface area contributed by atoms with Gasteiger partial charge >= 0.3 is 0 Å². The molecule has 1 heterocycles. The molecule has 5 nitrogen and oxygen atoms in total. The molecule has 0 spiro atoms. The van der Waals surface area contributed by atoms with E-state index >= 15 is 0 Å². The Balaban J connectivity index is 2.00. The smallest absolute Gasteiger partial charge is 0.191 e. The molecule has 1 unspecified atom stereocenters. The Morgan fingerprint density at radius 1 is 1.21 bits per heavy atom. The highest BCUT2D eigenvalue weighted by Crippen LogP contribution is 2.13. The van der Waals surface area contributed by atoms with Crippen molar-refractivity contribution in [1.82, 2.24) is 10.6 Å². The Kier molecular flexibility index (Phi) is 12.4. The lowest BCUT2D eigenvalue weighted by Gasteiger charge is -2.15. The predicted octanol–water partition coefficient (Wildman–Crippen LogP) is 2.93. The van der Waals surface area contributed by atoms with Gasteiger partial charge in [-0.1, -0.05) is 26.3 Å². The molecular formula is C18H33N3O2S. The standard InChI is InChI=1S/C18H33N3O2S/c1-4-5-9-22-11-12-23-10-8-20-18(19-3)21-15-16(2)14-17-7-6-13-24-17/h6-7,13,16H,4-5,8-12,14-15H2,1-3H3,(H2,19,20,21). The van der Waals surface area contributed by atoms with E-state index in [0.717, 1.165) is 38.5 Å². The van der Waals surface area contributed by atoms with Gasteiger partial charge in [0, 0.05) is 31.6 Å². The number of hydrogen-bond acceptors (Lipinski definition) is 4. The second-order valence-corrected chi connectivity index (χ2v) is 6.88. The molecule has 0 aliphatic heterocycles. The molecule has 1 aromatic heterocycles. The number of nitrogens with zero attached hydrogens (tertiary/aromatic N) is 1. The van der Waals surface area contributed by atoms with Crippen molar-refractivity contribution < 1.29 is 9.47 Å². The zero-order chi connectivity index (χ0) is 17.5. The third-order valence-electron chi connectivity index (χ3n) is 3.52. The van der Waals surface area contributed by atoms with Crippen molar-refractivity contribution in [2.24, 2.45) is 10.9 Å². The fraction of sp³-hybridized carbons (Fsp3) is 0.722. The summed E-state index contributed by atoms with van der Waals surface area (Å²) in [5, 5.41) is 8.77. The van der Waals surface area contributed by atoms with Gasteiger partial charge in [0.25, 0.3) is 0 Å². The van der Waals surface area contributed by atoms with Crippen molar-refractivity contribution in [2.45, 2.75) is 33.1 Å². The van der Waals surface area contributed by atoms with Gasteiger partial charge in [-0.15, -0.1) is 11.3 Å². The molecule has 0 bridgehead atoms. The summed E-state index contributed by atoms with van der Waals surface area (Å²) in [7, 11) is 1.79. The van der Waals surface area contributed by atoms with Crippen LogP contribution >= 0.6 is 11.3 Å². The average molecular weight is 356 g/mol. The molecule has 0 saturated carbocycles. The van der Waals surface area contributed by atoms with E-state index in [0.29, 0.717) is 25.7 Å². The first kappa shape index (κ1) is 20.9. The van der Waals surface area contributed by atoms with E-state index in [9.17, 15) is 0 Å². The zero-order valence-corrected chi connectivity index (χ0v) is 16.2. The molecule has 0 saturated heterocycles. The largest absolute Gasteiger partial charge is 0.379 e. The van der Waals surface area contributed by atoms with Crippen LogP contribution in [0.2, 0.25) is 0 Å². The minimum atomic E-state index is 0.568. The first-order chi connectivity index (χ1) is 11.8. The molecule has 0 aromatic carbocycles. The van der Waals surface area contributed by atoms with E-state index in [1.165, 1.54) is 11.3 Å². The quantitative estimate of drug-likeness (QED) is 0.324. The highest BCUT2D eigenvalue weighted by atomic mass is 32.1. The van der Waals surface area contributed by atoms with Crippen molar-refractivity contribution in [3.63, 3.8) is 0 Å². The SMILES string of the molecule is CCCCOCCOCCNC(=NC)NCC(C)Cc1cccs1. The fourth-order valence-corrected chi connectivity index (χ4v) is 3.02. The Labute approximate surface area is 150 Å².